The Morgan fingerprint density at radius 1 is 0.885 bits per heavy atom. The van der Waals surface area contributed by atoms with Crippen LogP contribution >= 0.6 is 0 Å². The number of nitrogens with zero attached hydrogens (tertiary/aromatic N) is 3. The summed E-state index contributed by atoms with van der Waals surface area (Å²) < 4.78 is 8.06. The normalized spacial score (nSPS) is 15.0. The Morgan fingerprint density at radius 2 is 1.54 bits per heavy atom. The van der Waals surface area contributed by atoms with E-state index in [1.165, 1.54) is 39.2 Å². The zero-order valence-corrected chi connectivity index (χ0v) is 31.7. The minimum Gasteiger partial charge on any atom is -0.383 e. The summed E-state index contributed by atoms with van der Waals surface area (Å²) in [6, 6.07) is 22.8. The fourth-order valence-corrected chi connectivity index (χ4v) is 7.98. The van der Waals surface area contributed by atoms with Gasteiger partial charge in [-0.1, -0.05) is 81.3 Å². The quantitative estimate of drug-likeness (QED) is 0.159. The molecule has 2 aliphatic heterocycles. The molecule has 6 rings (SSSR count). The van der Waals surface area contributed by atoms with E-state index in [2.05, 4.69) is 74.5 Å². The van der Waals surface area contributed by atoms with Gasteiger partial charge in [0.15, 0.2) is 0 Å². The second-order valence-electron chi connectivity index (χ2n) is 14.2. The van der Waals surface area contributed by atoms with Gasteiger partial charge in [-0.3, -0.25) is 14.4 Å². The molecule has 3 heterocycles. The molecule has 0 saturated heterocycles. The van der Waals surface area contributed by atoms with E-state index >= 15 is 4.79 Å². The first-order chi connectivity index (χ1) is 25.3. The highest BCUT2D eigenvalue weighted by molar-refractivity contribution is 6.02. The van der Waals surface area contributed by atoms with E-state index in [1.54, 1.807) is 7.11 Å². The summed E-state index contributed by atoms with van der Waals surface area (Å²) in [5.41, 5.74) is 17.1. The van der Waals surface area contributed by atoms with Gasteiger partial charge >= 0.3 is 0 Å². The molecular weight excluding hydrogens is 649 g/mol. The molecule has 0 aliphatic carbocycles. The van der Waals surface area contributed by atoms with Crippen LogP contribution in [-0.2, 0) is 66.6 Å². The van der Waals surface area contributed by atoms with Gasteiger partial charge in [0.05, 0.1) is 24.8 Å². The second kappa shape index (κ2) is 18.2. The molecule has 0 radical (unpaired) electrons. The molecule has 1 aromatic heterocycles. The zero-order valence-electron chi connectivity index (χ0n) is 31.7. The van der Waals surface area contributed by atoms with E-state index in [9.17, 15) is 4.79 Å². The molecule has 0 bridgehead atoms. The molecule has 2 N–H and O–H groups in total. The molecule has 8 heteroatoms. The third-order valence-corrected chi connectivity index (χ3v) is 10.8. The molecule has 3 aromatic carbocycles. The number of nitrogens with two attached hydrogens (primary N) is 1. The number of aromatic nitrogens is 1. The zero-order chi connectivity index (χ0) is 37.2. The minimum absolute atomic E-state index is 0.0393. The summed E-state index contributed by atoms with van der Waals surface area (Å²) >= 11 is 0. The molecular formula is C44H56N4O4. The van der Waals surface area contributed by atoms with Crippen LogP contribution in [-0.4, -0.2) is 58.9 Å². The van der Waals surface area contributed by atoms with Crippen molar-refractivity contribution in [3.63, 3.8) is 0 Å². The van der Waals surface area contributed by atoms with Crippen molar-refractivity contribution >= 4 is 18.2 Å². The van der Waals surface area contributed by atoms with Gasteiger partial charge in [-0.05, 0) is 96.5 Å². The van der Waals surface area contributed by atoms with Crippen molar-refractivity contribution < 1.29 is 19.1 Å². The lowest BCUT2D eigenvalue weighted by atomic mass is 9.87. The van der Waals surface area contributed by atoms with Gasteiger partial charge in [0.1, 0.15) is 0 Å². The topological polar surface area (TPSA) is 97.9 Å². The van der Waals surface area contributed by atoms with E-state index in [0.29, 0.717) is 32.7 Å². The molecule has 52 heavy (non-hydrogen) atoms. The van der Waals surface area contributed by atoms with Crippen LogP contribution in [0.5, 0.6) is 0 Å². The van der Waals surface area contributed by atoms with Crippen LogP contribution in [0.25, 0.3) is 11.3 Å². The van der Waals surface area contributed by atoms with Crippen LogP contribution in [0.1, 0.15) is 94.5 Å². The summed E-state index contributed by atoms with van der Waals surface area (Å²) in [5.74, 6) is 0.166. The summed E-state index contributed by atoms with van der Waals surface area (Å²) in [6.07, 6.45) is 8.77. The number of primary amides is 1. The molecule has 0 unspecified atom stereocenters. The summed E-state index contributed by atoms with van der Waals surface area (Å²) in [4.78, 5) is 41.2. The van der Waals surface area contributed by atoms with Crippen LogP contribution < -0.4 is 5.73 Å². The van der Waals surface area contributed by atoms with Gasteiger partial charge < -0.3 is 24.8 Å². The Bertz CT molecular complexity index is 1850. The predicted octanol–water partition coefficient (Wildman–Crippen LogP) is 7.13. The third-order valence-electron chi connectivity index (χ3n) is 10.8. The van der Waals surface area contributed by atoms with Gasteiger partial charge in [-0.2, -0.15) is 0 Å². The van der Waals surface area contributed by atoms with Gasteiger partial charge in [0.25, 0.3) is 5.91 Å². The van der Waals surface area contributed by atoms with Crippen molar-refractivity contribution in [2.24, 2.45) is 12.8 Å². The maximum absolute atomic E-state index is 15.1. The lowest BCUT2D eigenvalue weighted by molar-refractivity contribution is -0.131. The number of unbranched alkanes of at least 4 members (excludes halogenated alkanes) is 2. The van der Waals surface area contributed by atoms with E-state index in [4.69, 9.17) is 9.53 Å². The van der Waals surface area contributed by atoms with Crippen molar-refractivity contribution in [2.75, 3.05) is 20.3 Å². The first-order valence-electron chi connectivity index (χ1n) is 18.9. The maximum atomic E-state index is 15.1. The number of rotatable bonds is 12. The number of carbonyl (C=O) groups excluding carboxylic acids is 3. The number of hydrogen-bond donors (Lipinski definition) is 1. The number of ether oxygens (including phenoxy) is 1. The van der Waals surface area contributed by atoms with Crippen molar-refractivity contribution in [3.8, 4) is 11.3 Å². The fourth-order valence-electron chi connectivity index (χ4n) is 7.98. The monoisotopic (exact) mass is 704 g/mol. The molecule has 276 valence electrons. The van der Waals surface area contributed by atoms with Crippen LogP contribution in [0.15, 0.2) is 66.7 Å². The molecule has 0 saturated carbocycles. The minimum atomic E-state index is -0.0601. The first-order valence-corrected chi connectivity index (χ1v) is 18.9. The van der Waals surface area contributed by atoms with Crippen LogP contribution in [0.2, 0.25) is 0 Å². The van der Waals surface area contributed by atoms with Crippen LogP contribution in [0.4, 0.5) is 0 Å². The summed E-state index contributed by atoms with van der Waals surface area (Å²) in [5, 5.41) is 0. The van der Waals surface area contributed by atoms with Gasteiger partial charge in [0.2, 0.25) is 12.3 Å². The lowest BCUT2D eigenvalue weighted by Gasteiger charge is -2.37. The smallest absolute Gasteiger partial charge is 0.255 e. The molecule has 1 atom stereocenters. The Morgan fingerprint density at radius 3 is 2.21 bits per heavy atom. The number of fused-ring (bicyclic) bond motifs is 2. The predicted molar refractivity (Wildman–Crippen MR) is 208 cm³/mol. The van der Waals surface area contributed by atoms with Gasteiger partial charge in [-0.15, -0.1) is 0 Å². The SMILES string of the molecule is CCCCc1c(CCCC)c(-c2cc3c(cc2C(=O)N2Cc4ccccc4C[C@H]2COC)CN(C(=O)Cc2ccccc2)CC3)n(C)c1C.NC=O. The van der Waals surface area contributed by atoms with Crippen molar-refractivity contribution in [2.45, 2.75) is 97.7 Å². The molecule has 8 nitrogen and oxygen atoms in total. The number of amides is 3. The highest BCUT2D eigenvalue weighted by Crippen LogP contribution is 2.39. The van der Waals surface area contributed by atoms with Crippen LogP contribution in [0, 0.1) is 6.92 Å². The fraction of sp³-hybridized carbons (Fsp3) is 0.432. The maximum Gasteiger partial charge on any atom is 0.255 e. The van der Waals surface area contributed by atoms with Crippen LogP contribution in [0.3, 0.4) is 0 Å². The Balaban J connectivity index is 0.00000168. The lowest BCUT2D eigenvalue weighted by Crippen LogP contribution is -2.47. The number of benzene rings is 3. The van der Waals surface area contributed by atoms with E-state index in [0.717, 1.165) is 73.6 Å². The molecule has 0 fully saturated rings. The largest absolute Gasteiger partial charge is 0.383 e. The van der Waals surface area contributed by atoms with E-state index in [-0.39, 0.29) is 24.3 Å². The Kier molecular flexibility index (Phi) is 13.5. The Hall–Kier alpha value is -4.69. The van der Waals surface area contributed by atoms with E-state index < -0.39 is 0 Å². The average Bonchev–Trinajstić information content (AvgIpc) is 3.39. The summed E-state index contributed by atoms with van der Waals surface area (Å²) in [7, 11) is 3.90. The highest BCUT2D eigenvalue weighted by Gasteiger charge is 2.34. The standard InChI is InChI=1S/C43H53N3O3.CH3NO/c1-6-8-19-37-30(3)44(4)42(38(37)20-9-7-2)39-25-33-21-22-45(41(47)23-31-15-11-10-12-16-31)27-35(33)26-40(39)43(48)46-28-34-18-14-13-17-32(34)24-36(46)29-49-5;2-1-3/h10-18,25-26,36H,6-9,19-24,27-29H2,1-5H3;1H,(H2,2,3)/t36-;/m0./s1. The number of methoxy groups -OCH3 is 1. The average molecular weight is 705 g/mol. The van der Waals surface area contributed by atoms with Crippen molar-refractivity contribution in [1.29, 1.82) is 0 Å². The molecule has 3 amide bonds. The highest BCUT2D eigenvalue weighted by atomic mass is 16.5. The second-order valence-corrected chi connectivity index (χ2v) is 14.2. The van der Waals surface area contributed by atoms with E-state index in [1.807, 2.05) is 40.1 Å². The number of carbonyl (C=O) groups is 3. The molecule has 4 aromatic rings. The number of hydrogen-bond acceptors (Lipinski definition) is 4. The van der Waals surface area contributed by atoms with Crippen molar-refractivity contribution in [3.05, 3.63) is 117 Å². The molecule has 2 aliphatic rings. The first kappa shape index (κ1) is 38.5. The van der Waals surface area contributed by atoms with Gasteiger partial charge in [-0.25, -0.2) is 0 Å². The Labute approximate surface area is 310 Å². The van der Waals surface area contributed by atoms with Gasteiger partial charge in [0, 0.05) is 50.6 Å². The third kappa shape index (κ3) is 8.50. The summed E-state index contributed by atoms with van der Waals surface area (Å²) in [6.45, 7) is 8.99. The van der Waals surface area contributed by atoms with Crippen molar-refractivity contribution in [1.82, 2.24) is 14.4 Å². The molecule has 0 spiro atoms.